The molecule has 1 rings (SSSR count). The molecule has 16 heavy (non-hydrogen) atoms. The number of carbonyl (C=O) groups is 2. The molecule has 1 heterocycles. The van der Waals surface area contributed by atoms with Crippen LogP contribution in [0, 0.1) is 0 Å². The second-order valence-corrected chi connectivity index (χ2v) is 4.27. The number of carbonyl (C=O) groups excluding carboxylic acids is 1. The van der Waals surface area contributed by atoms with Gasteiger partial charge in [-0.15, -0.1) is 11.3 Å². The number of amides is 1. The van der Waals surface area contributed by atoms with Crippen LogP contribution in [0.2, 0.25) is 0 Å². The van der Waals surface area contributed by atoms with Gasteiger partial charge in [-0.05, 0) is 24.3 Å². The molecule has 0 saturated carbocycles. The second-order valence-electron chi connectivity index (χ2n) is 3.32. The number of carboxylic acids is 1. The Hall–Kier alpha value is -1.40. The van der Waals surface area contributed by atoms with Crippen LogP contribution < -0.4 is 11.1 Å². The van der Waals surface area contributed by atoms with E-state index in [1.807, 2.05) is 5.38 Å². The molecule has 0 spiro atoms. The standard InChI is InChI=1S/C10H14N2O3S/c11-7(10(14)15)3-1-5-12-9(13)8-4-2-6-16-8/h2,4,6-7H,1,3,5,11H2,(H,12,13)(H,14,15). The Balaban J connectivity index is 2.17. The number of hydrogen-bond acceptors (Lipinski definition) is 4. The highest BCUT2D eigenvalue weighted by atomic mass is 32.1. The average molecular weight is 242 g/mol. The largest absolute Gasteiger partial charge is 0.480 e. The van der Waals surface area contributed by atoms with Crippen LogP contribution in [0.3, 0.4) is 0 Å². The van der Waals surface area contributed by atoms with Crippen LogP contribution in [0.5, 0.6) is 0 Å². The minimum absolute atomic E-state index is 0.126. The molecule has 6 heteroatoms. The van der Waals surface area contributed by atoms with E-state index in [-0.39, 0.29) is 5.91 Å². The highest BCUT2D eigenvalue weighted by molar-refractivity contribution is 7.12. The molecule has 88 valence electrons. The SMILES string of the molecule is NC(CCCNC(=O)c1cccs1)C(=O)O. The van der Waals surface area contributed by atoms with Gasteiger partial charge in [-0.2, -0.15) is 0 Å². The first-order chi connectivity index (χ1) is 7.61. The van der Waals surface area contributed by atoms with Crippen molar-refractivity contribution >= 4 is 23.2 Å². The van der Waals surface area contributed by atoms with Crippen molar-refractivity contribution in [3.63, 3.8) is 0 Å². The lowest BCUT2D eigenvalue weighted by molar-refractivity contribution is -0.138. The van der Waals surface area contributed by atoms with Gasteiger partial charge in [0.1, 0.15) is 6.04 Å². The molecule has 0 aromatic carbocycles. The number of aliphatic carboxylic acids is 1. The maximum atomic E-state index is 11.4. The van der Waals surface area contributed by atoms with Gasteiger partial charge in [0.2, 0.25) is 0 Å². The molecule has 1 aromatic heterocycles. The second kappa shape index (κ2) is 6.24. The fourth-order valence-electron chi connectivity index (χ4n) is 1.14. The first-order valence-electron chi connectivity index (χ1n) is 4.91. The predicted octanol–water partition coefficient (Wildman–Crippen LogP) is 0.670. The van der Waals surface area contributed by atoms with E-state index in [2.05, 4.69) is 5.32 Å². The fourth-order valence-corrected chi connectivity index (χ4v) is 1.78. The predicted molar refractivity (Wildman–Crippen MR) is 61.5 cm³/mol. The van der Waals surface area contributed by atoms with Gasteiger partial charge < -0.3 is 16.2 Å². The van der Waals surface area contributed by atoms with Crippen molar-refractivity contribution in [1.29, 1.82) is 0 Å². The minimum Gasteiger partial charge on any atom is -0.480 e. The summed E-state index contributed by atoms with van der Waals surface area (Å²) in [6.45, 7) is 0.442. The third-order valence-electron chi connectivity index (χ3n) is 2.04. The minimum atomic E-state index is -1.01. The number of nitrogens with one attached hydrogen (secondary N) is 1. The van der Waals surface area contributed by atoms with Gasteiger partial charge in [0.25, 0.3) is 5.91 Å². The van der Waals surface area contributed by atoms with Crippen molar-refractivity contribution in [1.82, 2.24) is 5.32 Å². The fraction of sp³-hybridized carbons (Fsp3) is 0.400. The third-order valence-corrected chi connectivity index (χ3v) is 2.91. The van der Waals surface area contributed by atoms with Gasteiger partial charge in [-0.3, -0.25) is 9.59 Å². The van der Waals surface area contributed by atoms with Crippen LogP contribution in [-0.4, -0.2) is 29.6 Å². The number of rotatable bonds is 6. The Bertz CT molecular complexity index is 351. The lowest BCUT2D eigenvalue weighted by Crippen LogP contribution is -2.31. The highest BCUT2D eigenvalue weighted by Crippen LogP contribution is 2.07. The molecule has 0 radical (unpaired) electrons. The summed E-state index contributed by atoms with van der Waals surface area (Å²) in [6, 6.07) is 2.70. The summed E-state index contributed by atoms with van der Waals surface area (Å²) in [6.07, 6.45) is 0.921. The Morgan fingerprint density at radius 1 is 1.56 bits per heavy atom. The number of nitrogens with two attached hydrogens (primary N) is 1. The zero-order chi connectivity index (χ0) is 12.0. The highest BCUT2D eigenvalue weighted by Gasteiger charge is 2.11. The lowest BCUT2D eigenvalue weighted by Gasteiger charge is -2.06. The molecule has 1 unspecified atom stereocenters. The Labute approximate surface area is 97.3 Å². The van der Waals surface area contributed by atoms with Crippen LogP contribution in [0.25, 0.3) is 0 Å². The maximum Gasteiger partial charge on any atom is 0.320 e. The average Bonchev–Trinajstić information content (AvgIpc) is 2.76. The zero-order valence-corrected chi connectivity index (χ0v) is 9.50. The van der Waals surface area contributed by atoms with E-state index in [0.717, 1.165) is 0 Å². The van der Waals surface area contributed by atoms with Crippen molar-refractivity contribution in [2.24, 2.45) is 5.73 Å². The van der Waals surface area contributed by atoms with E-state index in [0.29, 0.717) is 24.3 Å². The van der Waals surface area contributed by atoms with Gasteiger partial charge in [0.15, 0.2) is 0 Å². The number of hydrogen-bond donors (Lipinski definition) is 3. The molecule has 1 atom stereocenters. The zero-order valence-electron chi connectivity index (χ0n) is 8.68. The summed E-state index contributed by atoms with van der Waals surface area (Å²) < 4.78 is 0. The smallest absolute Gasteiger partial charge is 0.320 e. The lowest BCUT2D eigenvalue weighted by atomic mass is 10.2. The van der Waals surface area contributed by atoms with Gasteiger partial charge in [-0.1, -0.05) is 6.07 Å². The van der Waals surface area contributed by atoms with Crippen LogP contribution in [-0.2, 0) is 4.79 Å². The summed E-state index contributed by atoms with van der Waals surface area (Å²) in [5.41, 5.74) is 5.32. The third kappa shape index (κ3) is 4.00. The van der Waals surface area contributed by atoms with Gasteiger partial charge in [0.05, 0.1) is 4.88 Å². The summed E-state index contributed by atoms with van der Waals surface area (Å²) >= 11 is 1.37. The van der Waals surface area contributed by atoms with Gasteiger partial charge in [-0.25, -0.2) is 0 Å². The molecule has 0 saturated heterocycles. The van der Waals surface area contributed by atoms with Crippen molar-refractivity contribution < 1.29 is 14.7 Å². The molecule has 5 nitrogen and oxygen atoms in total. The molecule has 0 aliphatic heterocycles. The van der Waals surface area contributed by atoms with Crippen molar-refractivity contribution in [2.45, 2.75) is 18.9 Å². The molecule has 1 amide bonds. The molecule has 0 bridgehead atoms. The van der Waals surface area contributed by atoms with E-state index in [9.17, 15) is 9.59 Å². The summed E-state index contributed by atoms with van der Waals surface area (Å²) in [5, 5.41) is 13.1. The van der Waals surface area contributed by atoms with E-state index >= 15 is 0 Å². The Morgan fingerprint density at radius 2 is 2.31 bits per heavy atom. The molecule has 1 aromatic rings. The van der Waals surface area contributed by atoms with Crippen molar-refractivity contribution in [3.8, 4) is 0 Å². The molecule has 0 aliphatic carbocycles. The Kier molecular flexibility index (Phi) is 4.94. The number of thiophene rings is 1. The topological polar surface area (TPSA) is 92.4 Å². The summed E-state index contributed by atoms with van der Waals surface area (Å²) in [4.78, 5) is 22.5. The summed E-state index contributed by atoms with van der Waals surface area (Å²) in [5.74, 6) is -1.14. The Morgan fingerprint density at radius 3 is 2.88 bits per heavy atom. The van der Waals surface area contributed by atoms with Crippen molar-refractivity contribution in [2.75, 3.05) is 6.54 Å². The van der Waals surface area contributed by atoms with Gasteiger partial charge in [0, 0.05) is 6.54 Å². The van der Waals surface area contributed by atoms with E-state index in [1.165, 1.54) is 11.3 Å². The number of carboxylic acid groups (broad SMARTS) is 1. The van der Waals surface area contributed by atoms with Gasteiger partial charge >= 0.3 is 5.97 Å². The molecular weight excluding hydrogens is 228 g/mol. The maximum absolute atomic E-state index is 11.4. The molecule has 0 aliphatic rings. The first kappa shape index (κ1) is 12.7. The van der Waals surface area contributed by atoms with Crippen LogP contribution in [0.15, 0.2) is 17.5 Å². The quantitative estimate of drug-likeness (QED) is 0.639. The first-order valence-corrected chi connectivity index (χ1v) is 5.79. The summed E-state index contributed by atoms with van der Waals surface area (Å²) in [7, 11) is 0. The molecule has 4 N–H and O–H groups in total. The van der Waals surface area contributed by atoms with E-state index < -0.39 is 12.0 Å². The molecular formula is C10H14N2O3S. The normalized spacial score (nSPS) is 12.1. The van der Waals surface area contributed by atoms with E-state index in [1.54, 1.807) is 12.1 Å². The van der Waals surface area contributed by atoms with E-state index in [4.69, 9.17) is 10.8 Å². The van der Waals surface area contributed by atoms with Crippen LogP contribution in [0.1, 0.15) is 22.5 Å². The van der Waals surface area contributed by atoms with Crippen molar-refractivity contribution in [3.05, 3.63) is 22.4 Å². The van der Waals surface area contributed by atoms with Crippen LogP contribution >= 0.6 is 11.3 Å². The molecule has 0 fully saturated rings. The monoisotopic (exact) mass is 242 g/mol. The van der Waals surface area contributed by atoms with Crippen LogP contribution in [0.4, 0.5) is 0 Å².